The van der Waals surface area contributed by atoms with Crippen LogP contribution in [0.3, 0.4) is 0 Å². The van der Waals surface area contributed by atoms with E-state index in [9.17, 15) is 0 Å². The highest BCUT2D eigenvalue weighted by Gasteiger charge is 2.37. The maximum absolute atomic E-state index is 5.78. The molecule has 2 aliphatic rings. The van der Waals surface area contributed by atoms with Crippen molar-refractivity contribution >= 4 is 0 Å². The van der Waals surface area contributed by atoms with E-state index in [1.165, 1.54) is 0 Å². The predicted molar refractivity (Wildman–Crippen MR) is 56.0 cm³/mol. The average Bonchev–Trinajstić information content (AvgIpc) is 2.19. The third kappa shape index (κ3) is 2.01. The summed E-state index contributed by atoms with van der Waals surface area (Å²) in [6.07, 6.45) is 9.82. The van der Waals surface area contributed by atoms with E-state index in [1.54, 1.807) is 0 Å². The van der Waals surface area contributed by atoms with Crippen LogP contribution in [-0.2, 0) is 9.47 Å². The molecule has 1 heterocycles. The molecule has 0 amide bonds. The predicted octanol–water partition coefficient (Wildman–Crippen LogP) is 2.66. The van der Waals surface area contributed by atoms with Crippen LogP contribution < -0.4 is 0 Å². The fourth-order valence-corrected chi connectivity index (χ4v) is 1.71. The molecular weight excluding hydrogens is 176 g/mol. The van der Waals surface area contributed by atoms with Gasteiger partial charge in [-0.25, -0.2) is 0 Å². The number of ether oxygens (including phenoxy) is 2. The van der Waals surface area contributed by atoms with Crippen LogP contribution in [0.15, 0.2) is 24.0 Å². The lowest BCUT2D eigenvalue weighted by Crippen LogP contribution is -2.45. The Labute approximate surface area is 85.6 Å². The molecule has 0 unspecified atom stereocenters. The first-order chi connectivity index (χ1) is 6.85. The van der Waals surface area contributed by atoms with E-state index in [4.69, 9.17) is 9.47 Å². The van der Waals surface area contributed by atoms with Gasteiger partial charge in [0.15, 0.2) is 0 Å². The highest BCUT2D eigenvalue weighted by Crippen LogP contribution is 2.32. The Morgan fingerprint density at radius 3 is 2.79 bits per heavy atom. The molecule has 0 spiro atoms. The molecule has 0 saturated carbocycles. The van der Waals surface area contributed by atoms with Crippen LogP contribution in [0.25, 0.3) is 0 Å². The van der Waals surface area contributed by atoms with Gasteiger partial charge in [-0.2, -0.15) is 0 Å². The quantitative estimate of drug-likeness (QED) is 0.685. The average molecular weight is 194 g/mol. The van der Waals surface area contributed by atoms with Gasteiger partial charge < -0.3 is 9.47 Å². The van der Waals surface area contributed by atoms with Gasteiger partial charge in [-0.15, -0.1) is 0 Å². The summed E-state index contributed by atoms with van der Waals surface area (Å²) in [4.78, 5) is 0. The zero-order valence-corrected chi connectivity index (χ0v) is 8.79. The van der Waals surface area contributed by atoms with Crippen molar-refractivity contribution in [2.24, 2.45) is 5.41 Å². The van der Waals surface area contributed by atoms with Gasteiger partial charge in [0.1, 0.15) is 5.76 Å². The van der Waals surface area contributed by atoms with Crippen LogP contribution in [0, 0.1) is 5.41 Å². The van der Waals surface area contributed by atoms with Crippen molar-refractivity contribution in [3.8, 4) is 0 Å². The monoisotopic (exact) mass is 194 g/mol. The third-order valence-corrected chi connectivity index (χ3v) is 3.07. The van der Waals surface area contributed by atoms with E-state index in [-0.39, 0.29) is 0 Å². The summed E-state index contributed by atoms with van der Waals surface area (Å²) in [7, 11) is 0. The molecule has 2 nitrogen and oxygen atoms in total. The molecule has 1 saturated heterocycles. The summed E-state index contributed by atoms with van der Waals surface area (Å²) in [6.45, 7) is 4.73. The van der Waals surface area contributed by atoms with Crippen molar-refractivity contribution in [3.63, 3.8) is 0 Å². The molecule has 0 atom stereocenters. The minimum atomic E-state index is 0.298. The van der Waals surface area contributed by atoms with Gasteiger partial charge in [0.25, 0.3) is 0 Å². The Hall–Kier alpha value is -0.760. The highest BCUT2D eigenvalue weighted by molar-refractivity contribution is 5.16. The second-order valence-corrected chi connectivity index (χ2v) is 4.22. The number of hydrogen-bond acceptors (Lipinski definition) is 2. The largest absolute Gasteiger partial charge is 0.493 e. The second kappa shape index (κ2) is 4.18. The van der Waals surface area contributed by atoms with E-state index in [2.05, 4.69) is 25.2 Å². The molecule has 0 aromatic heterocycles. The maximum Gasteiger partial charge on any atom is 0.115 e. The van der Waals surface area contributed by atoms with Crippen LogP contribution in [0.4, 0.5) is 0 Å². The molecule has 1 aliphatic heterocycles. The fourth-order valence-electron chi connectivity index (χ4n) is 1.71. The Morgan fingerprint density at radius 1 is 1.43 bits per heavy atom. The van der Waals surface area contributed by atoms with Crippen LogP contribution >= 0.6 is 0 Å². The molecule has 2 rings (SSSR count). The Morgan fingerprint density at radius 2 is 2.29 bits per heavy atom. The molecule has 1 fully saturated rings. The summed E-state index contributed by atoms with van der Waals surface area (Å²) in [6, 6.07) is 0. The minimum Gasteiger partial charge on any atom is -0.493 e. The molecule has 1 aliphatic carbocycles. The molecule has 0 bridgehead atoms. The molecule has 0 aromatic rings. The van der Waals surface area contributed by atoms with Gasteiger partial charge in [-0.3, -0.25) is 0 Å². The summed E-state index contributed by atoms with van der Waals surface area (Å²) < 4.78 is 11.0. The van der Waals surface area contributed by atoms with Gasteiger partial charge >= 0.3 is 0 Å². The summed E-state index contributed by atoms with van der Waals surface area (Å²) in [5.74, 6) is 1.04. The molecule has 0 N–H and O–H groups in total. The van der Waals surface area contributed by atoms with Crippen molar-refractivity contribution in [1.82, 2.24) is 0 Å². The van der Waals surface area contributed by atoms with Crippen LogP contribution in [-0.4, -0.2) is 19.8 Å². The molecule has 0 aromatic carbocycles. The van der Waals surface area contributed by atoms with Gasteiger partial charge in [-0.05, 0) is 31.4 Å². The summed E-state index contributed by atoms with van der Waals surface area (Å²) in [5.41, 5.74) is 0.298. The zero-order chi connectivity index (χ0) is 9.86. The van der Waals surface area contributed by atoms with Crippen molar-refractivity contribution in [3.05, 3.63) is 24.0 Å². The first kappa shape index (κ1) is 9.78. The van der Waals surface area contributed by atoms with E-state index >= 15 is 0 Å². The third-order valence-electron chi connectivity index (χ3n) is 3.07. The smallest absolute Gasteiger partial charge is 0.115 e. The van der Waals surface area contributed by atoms with Crippen molar-refractivity contribution in [1.29, 1.82) is 0 Å². The van der Waals surface area contributed by atoms with E-state index in [0.29, 0.717) is 5.41 Å². The highest BCUT2D eigenvalue weighted by atomic mass is 16.5. The number of rotatable bonds is 4. The SMILES string of the molecule is CCC1(COC2=CCCC=C2)COC1. The first-order valence-electron chi connectivity index (χ1n) is 5.42. The van der Waals surface area contributed by atoms with Crippen LogP contribution in [0.5, 0.6) is 0 Å². The van der Waals surface area contributed by atoms with Crippen molar-refractivity contribution in [2.75, 3.05) is 19.8 Å². The van der Waals surface area contributed by atoms with Gasteiger partial charge in [0.2, 0.25) is 0 Å². The van der Waals surface area contributed by atoms with Crippen molar-refractivity contribution < 1.29 is 9.47 Å². The summed E-state index contributed by atoms with van der Waals surface area (Å²) in [5, 5.41) is 0. The standard InChI is InChI=1S/C12H18O2/c1-2-12(8-13-9-12)10-14-11-6-4-3-5-7-11/h4,6-7H,2-3,5,8-10H2,1H3. The van der Waals surface area contributed by atoms with E-state index in [0.717, 1.165) is 44.8 Å². The fraction of sp³-hybridized carbons (Fsp3) is 0.667. The van der Waals surface area contributed by atoms with Gasteiger partial charge in [-0.1, -0.05) is 13.0 Å². The number of hydrogen-bond donors (Lipinski definition) is 0. The lowest BCUT2D eigenvalue weighted by atomic mass is 9.84. The topological polar surface area (TPSA) is 18.5 Å². The molecule has 14 heavy (non-hydrogen) atoms. The molecular formula is C12H18O2. The van der Waals surface area contributed by atoms with Crippen LogP contribution in [0.1, 0.15) is 26.2 Å². The van der Waals surface area contributed by atoms with Gasteiger partial charge in [0.05, 0.1) is 25.2 Å². The Kier molecular flexibility index (Phi) is 2.92. The number of allylic oxidation sites excluding steroid dienone is 3. The molecule has 0 radical (unpaired) electrons. The summed E-state index contributed by atoms with van der Waals surface area (Å²) >= 11 is 0. The van der Waals surface area contributed by atoms with Gasteiger partial charge in [0, 0.05) is 0 Å². The lowest BCUT2D eigenvalue weighted by Gasteiger charge is -2.40. The van der Waals surface area contributed by atoms with E-state index < -0.39 is 0 Å². The minimum absolute atomic E-state index is 0.298. The first-order valence-corrected chi connectivity index (χ1v) is 5.42. The molecule has 2 heteroatoms. The van der Waals surface area contributed by atoms with Crippen LogP contribution in [0.2, 0.25) is 0 Å². The molecule has 78 valence electrons. The zero-order valence-electron chi connectivity index (χ0n) is 8.79. The second-order valence-electron chi connectivity index (χ2n) is 4.22. The normalized spacial score (nSPS) is 23.9. The lowest BCUT2D eigenvalue weighted by molar-refractivity contribution is -0.141. The Balaban J connectivity index is 1.81. The Bertz CT molecular complexity index is 244. The van der Waals surface area contributed by atoms with E-state index in [1.807, 2.05) is 0 Å². The van der Waals surface area contributed by atoms with Crippen molar-refractivity contribution in [2.45, 2.75) is 26.2 Å². The maximum atomic E-state index is 5.78.